The van der Waals surface area contributed by atoms with E-state index in [1.54, 1.807) is 28.0 Å². The highest BCUT2D eigenvalue weighted by molar-refractivity contribution is 6.30. The maximum atomic E-state index is 13.3. The molecule has 1 aromatic carbocycles. The van der Waals surface area contributed by atoms with Gasteiger partial charge in [-0.25, -0.2) is 0 Å². The number of carbonyl (C=O) groups excluding carboxylic acids is 2. The first-order chi connectivity index (χ1) is 16.4. The third kappa shape index (κ3) is 5.27. The smallest absolute Gasteiger partial charge is 0.306 e. The lowest BCUT2D eigenvalue weighted by Gasteiger charge is -2.36. The molecule has 1 atom stereocenters. The fourth-order valence-corrected chi connectivity index (χ4v) is 4.92. The maximum absolute atomic E-state index is 13.3. The summed E-state index contributed by atoms with van der Waals surface area (Å²) < 4.78 is 1.83. The molecule has 8 nitrogen and oxygen atoms in total. The molecule has 182 valence electrons. The minimum atomic E-state index is -0.807. The first kappa shape index (κ1) is 24.3. The van der Waals surface area contributed by atoms with Crippen molar-refractivity contribution in [2.24, 2.45) is 5.92 Å². The summed E-state index contributed by atoms with van der Waals surface area (Å²) in [5, 5.41) is 14.6. The molecule has 0 bridgehead atoms. The Bertz CT molecular complexity index is 1040. The number of piperidine rings is 1. The summed E-state index contributed by atoms with van der Waals surface area (Å²) in [5.74, 6) is -1.54. The van der Waals surface area contributed by atoms with Crippen LogP contribution in [0.3, 0.4) is 0 Å². The average molecular weight is 487 g/mol. The third-order valence-electron chi connectivity index (χ3n) is 6.82. The van der Waals surface area contributed by atoms with Crippen LogP contribution >= 0.6 is 11.6 Å². The molecule has 1 aromatic heterocycles. The SMILES string of the molecule is CCCCC[C@H]1CN(CC(=O)N2CCC(C(=O)O)CC2)C(=O)c2cc(-c3ccc(Cl)cc3)nn21. The summed E-state index contributed by atoms with van der Waals surface area (Å²) in [6.45, 7) is 3.42. The molecule has 0 spiro atoms. The van der Waals surface area contributed by atoms with Crippen LogP contribution in [0.5, 0.6) is 0 Å². The molecule has 2 aliphatic rings. The monoisotopic (exact) mass is 486 g/mol. The van der Waals surface area contributed by atoms with Crippen LogP contribution in [0.15, 0.2) is 30.3 Å². The number of nitrogens with zero attached hydrogens (tertiary/aromatic N) is 4. The second-order valence-corrected chi connectivity index (χ2v) is 9.63. The number of aliphatic carboxylic acids is 1. The number of amides is 2. The molecular formula is C25H31ClN4O4. The van der Waals surface area contributed by atoms with Gasteiger partial charge in [-0.3, -0.25) is 19.1 Å². The largest absolute Gasteiger partial charge is 0.481 e. The molecule has 34 heavy (non-hydrogen) atoms. The van der Waals surface area contributed by atoms with Gasteiger partial charge in [-0.1, -0.05) is 49.9 Å². The lowest BCUT2D eigenvalue weighted by atomic mass is 9.97. The highest BCUT2D eigenvalue weighted by Gasteiger charge is 2.35. The van der Waals surface area contributed by atoms with Crippen LogP contribution in [0.25, 0.3) is 11.3 Å². The summed E-state index contributed by atoms with van der Waals surface area (Å²) in [6, 6.07) is 9.17. The number of rotatable bonds is 8. The van der Waals surface area contributed by atoms with E-state index < -0.39 is 11.9 Å². The Labute approximate surface area is 204 Å². The normalized spacial score (nSPS) is 18.8. The van der Waals surface area contributed by atoms with E-state index >= 15 is 0 Å². The molecule has 1 saturated heterocycles. The minimum Gasteiger partial charge on any atom is -0.481 e. The molecule has 3 heterocycles. The van der Waals surface area contributed by atoms with Crippen molar-refractivity contribution in [1.82, 2.24) is 19.6 Å². The zero-order chi connectivity index (χ0) is 24.2. The van der Waals surface area contributed by atoms with E-state index in [9.17, 15) is 19.5 Å². The Hall–Kier alpha value is -2.87. The molecule has 0 saturated carbocycles. The van der Waals surface area contributed by atoms with Crippen molar-refractivity contribution in [2.75, 3.05) is 26.2 Å². The van der Waals surface area contributed by atoms with Crippen LogP contribution in [0.2, 0.25) is 5.02 Å². The Kier molecular flexibility index (Phi) is 7.56. The first-order valence-electron chi connectivity index (χ1n) is 12.0. The molecule has 9 heteroatoms. The van der Waals surface area contributed by atoms with Gasteiger partial charge in [0.05, 0.1) is 17.7 Å². The standard InChI is InChI=1S/C25H31ClN4O4/c1-2-3-4-5-20-15-29(16-23(31)28-12-10-18(11-13-28)25(33)34)24(32)22-14-21(27-30(20)22)17-6-8-19(26)9-7-17/h6-9,14,18,20H,2-5,10-13,15-16H2,1H3,(H,33,34)/t20-/m0/s1. The summed E-state index contributed by atoms with van der Waals surface area (Å²) in [5.41, 5.74) is 2.09. The lowest BCUT2D eigenvalue weighted by Crippen LogP contribution is -2.50. The number of carbonyl (C=O) groups is 3. The topological polar surface area (TPSA) is 95.7 Å². The number of aromatic nitrogens is 2. The van der Waals surface area contributed by atoms with Crippen LogP contribution in [0.4, 0.5) is 0 Å². The van der Waals surface area contributed by atoms with Crippen molar-refractivity contribution in [3.63, 3.8) is 0 Å². The van der Waals surface area contributed by atoms with Gasteiger partial charge in [-0.05, 0) is 37.5 Å². The van der Waals surface area contributed by atoms with Gasteiger partial charge in [0.2, 0.25) is 5.91 Å². The number of likely N-dealkylation sites (tertiary alicyclic amines) is 1. The van der Waals surface area contributed by atoms with Gasteiger partial charge in [0, 0.05) is 30.2 Å². The fourth-order valence-electron chi connectivity index (χ4n) is 4.79. The Balaban J connectivity index is 1.52. The van der Waals surface area contributed by atoms with Crippen LogP contribution < -0.4 is 0 Å². The van der Waals surface area contributed by atoms with Crippen LogP contribution in [0.1, 0.15) is 62.0 Å². The Morgan fingerprint density at radius 3 is 2.50 bits per heavy atom. The minimum absolute atomic E-state index is 0.00229. The zero-order valence-electron chi connectivity index (χ0n) is 19.5. The second-order valence-electron chi connectivity index (χ2n) is 9.19. The Morgan fingerprint density at radius 2 is 1.85 bits per heavy atom. The number of carboxylic acid groups (broad SMARTS) is 1. The van der Waals surface area contributed by atoms with Crippen molar-refractivity contribution in [1.29, 1.82) is 0 Å². The van der Waals surface area contributed by atoms with Crippen molar-refractivity contribution in [3.8, 4) is 11.3 Å². The molecule has 0 radical (unpaired) electrons. The summed E-state index contributed by atoms with van der Waals surface area (Å²) >= 11 is 6.02. The number of unbranched alkanes of at least 4 members (excludes halogenated alkanes) is 2. The van der Waals surface area contributed by atoms with E-state index in [-0.39, 0.29) is 24.4 Å². The predicted octanol–water partition coefficient (Wildman–Crippen LogP) is 4.10. The fraction of sp³-hybridized carbons (Fsp3) is 0.520. The number of benzene rings is 1. The van der Waals surface area contributed by atoms with Crippen molar-refractivity contribution < 1.29 is 19.5 Å². The summed E-state index contributed by atoms with van der Waals surface area (Å²) in [4.78, 5) is 40.8. The van der Waals surface area contributed by atoms with Crippen molar-refractivity contribution in [3.05, 3.63) is 41.0 Å². The van der Waals surface area contributed by atoms with E-state index in [4.69, 9.17) is 16.7 Å². The van der Waals surface area contributed by atoms with Crippen molar-refractivity contribution in [2.45, 2.75) is 51.5 Å². The highest BCUT2D eigenvalue weighted by Crippen LogP contribution is 2.30. The Morgan fingerprint density at radius 1 is 1.15 bits per heavy atom. The maximum Gasteiger partial charge on any atom is 0.306 e. The zero-order valence-corrected chi connectivity index (χ0v) is 20.2. The quantitative estimate of drug-likeness (QED) is 0.566. The number of fused-ring (bicyclic) bond motifs is 1. The number of halogens is 1. The number of carboxylic acids is 1. The van der Waals surface area contributed by atoms with Gasteiger partial charge >= 0.3 is 5.97 Å². The van der Waals surface area contributed by atoms with Gasteiger partial charge in [0.25, 0.3) is 5.91 Å². The van der Waals surface area contributed by atoms with Gasteiger partial charge in [0.1, 0.15) is 12.2 Å². The van der Waals surface area contributed by atoms with Gasteiger partial charge < -0.3 is 14.9 Å². The number of hydrogen-bond donors (Lipinski definition) is 1. The average Bonchev–Trinajstić information content (AvgIpc) is 3.28. The van der Waals surface area contributed by atoms with Gasteiger partial charge in [-0.15, -0.1) is 0 Å². The number of hydrogen-bond acceptors (Lipinski definition) is 4. The molecule has 2 aliphatic heterocycles. The van der Waals surface area contributed by atoms with E-state index in [1.807, 2.05) is 16.8 Å². The van der Waals surface area contributed by atoms with Crippen LogP contribution in [-0.4, -0.2) is 68.6 Å². The van der Waals surface area contributed by atoms with E-state index in [2.05, 4.69) is 6.92 Å². The van der Waals surface area contributed by atoms with Gasteiger partial charge in [-0.2, -0.15) is 5.10 Å². The van der Waals surface area contributed by atoms with Crippen molar-refractivity contribution >= 4 is 29.4 Å². The third-order valence-corrected chi connectivity index (χ3v) is 7.07. The molecule has 0 aliphatic carbocycles. The second kappa shape index (κ2) is 10.6. The summed E-state index contributed by atoms with van der Waals surface area (Å²) in [6.07, 6.45) is 5.00. The van der Waals surface area contributed by atoms with Crippen LogP contribution in [-0.2, 0) is 9.59 Å². The van der Waals surface area contributed by atoms with Gasteiger partial charge in [0.15, 0.2) is 0 Å². The molecule has 1 N–H and O–H groups in total. The molecule has 0 unspecified atom stereocenters. The highest BCUT2D eigenvalue weighted by atomic mass is 35.5. The first-order valence-corrected chi connectivity index (χ1v) is 12.4. The molecular weight excluding hydrogens is 456 g/mol. The van der Waals surface area contributed by atoms with Crippen LogP contribution in [0, 0.1) is 5.92 Å². The van der Waals surface area contributed by atoms with E-state index in [1.165, 1.54) is 0 Å². The molecule has 2 amide bonds. The lowest BCUT2D eigenvalue weighted by molar-refractivity contribution is -0.145. The summed E-state index contributed by atoms with van der Waals surface area (Å²) in [7, 11) is 0. The molecule has 1 fully saturated rings. The van der Waals surface area contributed by atoms with E-state index in [0.717, 1.165) is 31.2 Å². The predicted molar refractivity (Wildman–Crippen MR) is 129 cm³/mol. The molecule has 2 aromatic rings. The molecule has 4 rings (SSSR count). The van der Waals surface area contributed by atoms with E-state index in [0.29, 0.717) is 48.9 Å².